The monoisotopic (exact) mass is 285 g/mol. The topological polar surface area (TPSA) is 53.1 Å². The molecule has 0 amide bonds. The highest BCUT2D eigenvalue weighted by Gasteiger charge is 2.28. The summed E-state index contributed by atoms with van der Waals surface area (Å²) in [7, 11) is 0. The van der Waals surface area contributed by atoms with E-state index in [1.807, 2.05) is 30.3 Å². The highest BCUT2D eigenvalue weighted by Crippen LogP contribution is 2.18. The molecule has 2 aromatic rings. The molecule has 108 valence electrons. The van der Waals surface area contributed by atoms with Crippen LogP contribution in [-0.4, -0.2) is 29.2 Å². The number of halogens is 3. The lowest BCUT2D eigenvalue weighted by molar-refractivity contribution is -0.174. The summed E-state index contributed by atoms with van der Waals surface area (Å²) >= 11 is 0. The van der Waals surface area contributed by atoms with E-state index < -0.39 is 18.8 Å². The van der Waals surface area contributed by atoms with E-state index in [2.05, 4.69) is 9.84 Å². The summed E-state index contributed by atoms with van der Waals surface area (Å²) in [5.74, 6) is 0. The second kappa shape index (κ2) is 6.06. The first-order chi connectivity index (χ1) is 9.47. The first-order valence-corrected chi connectivity index (χ1v) is 5.97. The van der Waals surface area contributed by atoms with Crippen molar-refractivity contribution in [2.75, 3.05) is 13.2 Å². The molecule has 1 heterocycles. The second-order valence-electron chi connectivity index (χ2n) is 4.24. The van der Waals surface area contributed by atoms with Crippen molar-refractivity contribution in [1.82, 2.24) is 9.78 Å². The Labute approximate surface area is 114 Å². The van der Waals surface area contributed by atoms with Crippen LogP contribution in [0.25, 0.3) is 5.69 Å². The summed E-state index contributed by atoms with van der Waals surface area (Å²) in [4.78, 5) is 0. The second-order valence-corrected chi connectivity index (χ2v) is 4.24. The summed E-state index contributed by atoms with van der Waals surface area (Å²) in [6.07, 6.45) is -2.80. The number of nitrogens with zero attached hydrogens (tertiary/aromatic N) is 2. The number of para-hydroxylation sites is 1. The van der Waals surface area contributed by atoms with Crippen LogP contribution >= 0.6 is 0 Å². The number of alkyl halides is 3. The Hall–Kier alpha value is -1.86. The first kappa shape index (κ1) is 14.5. The number of ether oxygens (including phenoxy) is 1. The average Bonchev–Trinajstić information content (AvgIpc) is 2.87. The SMILES string of the molecule is NC(COCC(F)(F)F)c1ccnn1-c1ccccc1. The van der Waals surface area contributed by atoms with Crippen LogP contribution < -0.4 is 5.73 Å². The molecule has 0 spiro atoms. The molecule has 7 heteroatoms. The van der Waals surface area contributed by atoms with Crippen LogP contribution in [0.15, 0.2) is 42.6 Å². The lowest BCUT2D eigenvalue weighted by Crippen LogP contribution is -2.24. The number of hydrogen-bond acceptors (Lipinski definition) is 3. The van der Waals surface area contributed by atoms with E-state index >= 15 is 0 Å². The van der Waals surface area contributed by atoms with E-state index in [9.17, 15) is 13.2 Å². The summed E-state index contributed by atoms with van der Waals surface area (Å²) in [6.45, 7) is -1.53. The zero-order valence-corrected chi connectivity index (χ0v) is 10.5. The predicted octanol–water partition coefficient (Wildman–Crippen LogP) is 2.45. The minimum atomic E-state index is -4.35. The van der Waals surface area contributed by atoms with Gasteiger partial charge in [-0.3, -0.25) is 0 Å². The van der Waals surface area contributed by atoms with E-state index in [1.165, 1.54) is 0 Å². The molecule has 0 saturated heterocycles. The van der Waals surface area contributed by atoms with Crippen molar-refractivity contribution in [3.63, 3.8) is 0 Å². The minimum absolute atomic E-state index is 0.224. The molecule has 0 radical (unpaired) electrons. The van der Waals surface area contributed by atoms with Crippen molar-refractivity contribution >= 4 is 0 Å². The van der Waals surface area contributed by atoms with Gasteiger partial charge in [0.2, 0.25) is 0 Å². The third-order valence-corrected chi connectivity index (χ3v) is 2.62. The molecule has 0 aliphatic carbocycles. The van der Waals surface area contributed by atoms with Gasteiger partial charge in [-0.1, -0.05) is 18.2 Å². The normalized spacial score (nSPS) is 13.4. The van der Waals surface area contributed by atoms with Crippen LogP contribution in [0.2, 0.25) is 0 Å². The summed E-state index contributed by atoms with van der Waals surface area (Å²) in [5, 5.41) is 4.12. The van der Waals surface area contributed by atoms with Crippen molar-refractivity contribution in [2.45, 2.75) is 12.2 Å². The van der Waals surface area contributed by atoms with Crippen molar-refractivity contribution < 1.29 is 17.9 Å². The molecular formula is C13H14F3N3O. The number of aromatic nitrogens is 2. The smallest absolute Gasteiger partial charge is 0.370 e. The maximum Gasteiger partial charge on any atom is 0.411 e. The van der Waals surface area contributed by atoms with Gasteiger partial charge in [0.25, 0.3) is 0 Å². The highest BCUT2D eigenvalue weighted by atomic mass is 19.4. The maximum absolute atomic E-state index is 12.0. The van der Waals surface area contributed by atoms with Gasteiger partial charge in [0.05, 0.1) is 24.0 Å². The quantitative estimate of drug-likeness (QED) is 0.918. The van der Waals surface area contributed by atoms with Gasteiger partial charge in [0, 0.05) is 6.20 Å². The van der Waals surface area contributed by atoms with Crippen molar-refractivity contribution in [1.29, 1.82) is 0 Å². The molecule has 0 saturated carbocycles. The van der Waals surface area contributed by atoms with Crippen LogP contribution in [0.1, 0.15) is 11.7 Å². The number of hydrogen-bond donors (Lipinski definition) is 1. The van der Waals surface area contributed by atoms with Gasteiger partial charge < -0.3 is 10.5 Å². The Balaban J connectivity index is 2.05. The van der Waals surface area contributed by atoms with Gasteiger partial charge in [-0.2, -0.15) is 18.3 Å². The number of rotatable bonds is 5. The molecule has 4 nitrogen and oxygen atoms in total. The fourth-order valence-electron chi connectivity index (χ4n) is 1.77. The van der Waals surface area contributed by atoms with Gasteiger partial charge in [-0.05, 0) is 18.2 Å². The molecule has 0 aliphatic rings. The van der Waals surface area contributed by atoms with E-state index in [0.29, 0.717) is 5.69 Å². The van der Waals surface area contributed by atoms with Gasteiger partial charge >= 0.3 is 6.18 Å². The fourth-order valence-corrected chi connectivity index (χ4v) is 1.77. The van der Waals surface area contributed by atoms with E-state index in [-0.39, 0.29) is 6.61 Å². The summed E-state index contributed by atoms with van der Waals surface area (Å²) in [6, 6.07) is 10.2. The number of nitrogens with two attached hydrogens (primary N) is 1. The zero-order valence-electron chi connectivity index (χ0n) is 10.5. The lowest BCUT2D eigenvalue weighted by Gasteiger charge is -2.15. The van der Waals surface area contributed by atoms with E-state index in [4.69, 9.17) is 5.73 Å². The Bertz CT molecular complexity index is 539. The molecule has 2 rings (SSSR count). The Morgan fingerprint density at radius 3 is 2.55 bits per heavy atom. The molecule has 1 aromatic carbocycles. The third-order valence-electron chi connectivity index (χ3n) is 2.62. The van der Waals surface area contributed by atoms with Crippen LogP contribution in [-0.2, 0) is 4.74 Å². The average molecular weight is 285 g/mol. The van der Waals surface area contributed by atoms with Crippen molar-refractivity contribution in [2.24, 2.45) is 5.73 Å². The Morgan fingerprint density at radius 1 is 1.20 bits per heavy atom. The standard InChI is InChI=1S/C13H14F3N3O/c14-13(15,16)9-20-8-11(17)12-6-7-18-19(12)10-4-2-1-3-5-10/h1-7,11H,8-9,17H2. The molecule has 0 fully saturated rings. The molecule has 0 aliphatic heterocycles. The van der Waals surface area contributed by atoms with Crippen LogP contribution in [0, 0.1) is 0 Å². The molecule has 1 aromatic heterocycles. The Kier molecular flexibility index (Phi) is 4.41. The van der Waals surface area contributed by atoms with Crippen LogP contribution in [0.3, 0.4) is 0 Å². The zero-order chi connectivity index (χ0) is 14.6. The van der Waals surface area contributed by atoms with E-state index in [1.54, 1.807) is 16.9 Å². The molecule has 20 heavy (non-hydrogen) atoms. The van der Waals surface area contributed by atoms with E-state index in [0.717, 1.165) is 5.69 Å². The van der Waals surface area contributed by atoms with Crippen molar-refractivity contribution in [3.05, 3.63) is 48.3 Å². The molecule has 1 atom stereocenters. The summed E-state index contributed by atoms with van der Waals surface area (Å²) < 4.78 is 42.2. The van der Waals surface area contributed by atoms with Gasteiger partial charge in [0.1, 0.15) is 6.61 Å². The maximum atomic E-state index is 12.0. The molecule has 0 bridgehead atoms. The van der Waals surface area contributed by atoms with Crippen LogP contribution in [0.4, 0.5) is 13.2 Å². The van der Waals surface area contributed by atoms with Gasteiger partial charge in [-0.15, -0.1) is 0 Å². The Morgan fingerprint density at radius 2 is 1.90 bits per heavy atom. The molecule has 2 N–H and O–H groups in total. The fraction of sp³-hybridized carbons (Fsp3) is 0.308. The predicted molar refractivity (Wildman–Crippen MR) is 67.4 cm³/mol. The van der Waals surface area contributed by atoms with Gasteiger partial charge in [0.15, 0.2) is 0 Å². The molecular weight excluding hydrogens is 271 g/mol. The highest BCUT2D eigenvalue weighted by molar-refractivity contribution is 5.33. The minimum Gasteiger partial charge on any atom is -0.370 e. The first-order valence-electron chi connectivity index (χ1n) is 5.97. The lowest BCUT2D eigenvalue weighted by atomic mass is 10.2. The molecule has 1 unspecified atom stereocenters. The summed E-state index contributed by atoms with van der Waals surface area (Å²) in [5.41, 5.74) is 7.24. The van der Waals surface area contributed by atoms with Crippen molar-refractivity contribution in [3.8, 4) is 5.69 Å². The number of benzene rings is 1. The van der Waals surface area contributed by atoms with Gasteiger partial charge in [-0.25, -0.2) is 4.68 Å². The largest absolute Gasteiger partial charge is 0.411 e. The van der Waals surface area contributed by atoms with Crippen LogP contribution in [0.5, 0.6) is 0 Å². The third kappa shape index (κ3) is 3.82.